The van der Waals surface area contributed by atoms with Gasteiger partial charge in [-0.2, -0.15) is 11.8 Å². The summed E-state index contributed by atoms with van der Waals surface area (Å²) in [5.41, 5.74) is 5.43. The molecule has 0 fully saturated rings. The molecule has 0 aromatic rings. The second-order valence-electron chi connectivity index (χ2n) is 4.04. The molecule has 0 heterocycles. The lowest BCUT2D eigenvalue weighted by Crippen LogP contribution is -2.38. The van der Waals surface area contributed by atoms with Gasteiger partial charge in [0.15, 0.2) is 0 Å². The summed E-state index contributed by atoms with van der Waals surface area (Å²) >= 11 is 1.73. The fourth-order valence-corrected chi connectivity index (χ4v) is 1.14. The van der Waals surface area contributed by atoms with Crippen molar-refractivity contribution in [3.63, 3.8) is 0 Å². The predicted octanol–water partition coefficient (Wildman–Crippen LogP) is 1.03. The number of rotatable bonds is 7. The van der Waals surface area contributed by atoms with Crippen LogP contribution in [0.1, 0.15) is 20.3 Å². The van der Waals surface area contributed by atoms with Crippen LogP contribution < -0.4 is 11.1 Å². The number of ether oxygens (including phenoxy) is 1. The maximum absolute atomic E-state index is 11.5. The highest BCUT2D eigenvalue weighted by atomic mass is 35.5. The van der Waals surface area contributed by atoms with Crippen molar-refractivity contribution in [2.45, 2.75) is 31.1 Å². The van der Waals surface area contributed by atoms with Crippen molar-refractivity contribution in [3.05, 3.63) is 0 Å². The molecule has 1 amide bonds. The maximum atomic E-state index is 11.5. The van der Waals surface area contributed by atoms with Gasteiger partial charge in [0.25, 0.3) is 0 Å². The van der Waals surface area contributed by atoms with Gasteiger partial charge in [-0.15, -0.1) is 12.4 Å². The second-order valence-corrected chi connectivity index (χ2v) is 5.55. The number of hydrogen-bond acceptors (Lipinski definition) is 4. The molecule has 0 aromatic heterocycles. The first-order valence-electron chi connectivity index (χ1n) is 5.00. The Balaban J connectivity index is 0. The Kier molecular flexibility index (Phi) is 10.5. The molecule has 0 radical (unpaired) electrons. The number of carbonyl (C=O) groups excluding carboxylic acids is 1. The minimum absolute atomic E-state index is 0. The lowest BCUT2D eigenvalue weighted by Gasteiger charge is -2.22. The van der Waals surface area contributed by atoms with Gasteiger partial charge < -0.3 is 15.8 Å². The van der Waals surface area contributed by atoms with Crippen LogP contribution in [0.2, 0.25) is 0 Å². The highest BCUT2D eigenvalue weighted by molar-refractivity contribution is 7.99. The molecular weight excluding hydrogens is 248 g/mol. The van der Waals surface area contributed by atoms with Crippen LogP contribution in [-0.2, 0) is 9.53 Å². The van der Waals surface area contributed by atoms with Crippen LogP contribution in [0.15, 0.2) is 0 Å². The van der Waals surface area contributed by atoms with Gasteiger partial charge in [-0.05, 0) is 20.1 Å². The summed E-state index contributed by atoms with van der Waals surface area (Å²) in [5.74, 6) is -0.00516. The van der Waals surface area contributed by atoms with E-state index in [-0.39, 0.29) is 29.2 Å². The van der Waals surface area contributed by atoms with Crippen LogP contribution in [0.4, 0.5) is 0 Å². The van der Waals surface area contributed by atoms with Crippen LogP contribution in [0.25, 0.3) is 0 Å². The van der Waals surface area contributed by atoms with Crippen molar-refractivity contribution < 1.29 is 9.53 Å². The van der Waals surface area contributed by atoms with Crippen LogP contribution in [0.5, 0.6) is 0 Å². The van der Waals surface area contributed by atoms with Gasteiger partial charge in [0.05, 0.1) is 12.5 Å². The molecule has 0 saturated heterocycles. The highest BCUT2D eigenvalue weighted by Gasteiger charge is 2.18. The molecule has 0 spiro atoms. The fourth-order valence-electron chi connectivity index (χ4n) is 0.925. The summed E-state index contributed by atoms with van der Waals surface area (Å²) in [6.45, 7) is 5.22. The minimum atomic E-state index is -0.178. The van der Waals surface area contributed by atoms with E-state index in [4.69, 9.17) is 10.5 Å². The van der Waals surface area contributed by atoms with E-state index >= 15 is 0 Å². The van der Waals surface area contributed by atoms with Crippen molar-refractivity contribution in [3.8, 4) is 0 Å². The molecule has 0 aliphatic heterocycles. The quantitative estimate of drug-likeness (QED) is 0.725. The van der Waals surface area contributed by atoms with E-state index in [2.05, 4.69) is 19.2 Å². The Morgan fingerprint density at radius 2 is 2.12 bits per heavy atom. The lowest BCUT2D eigenvalue weighted by atomic mass is 10.2. The molecular formula is C10H23ClN2O2S. The number of nitrogens with two attached hydrogens (primary N) is 1. The first-order chi connectivity index (χ1) is 6.95. The minimum Gasteiger partial charge on any atom is -0.380 e. The third-order valence-corrected chi connectivity index (χ3v) is 3.52. The normalized spacial score (nSPS) is 12.8. The van der Waals surface area contributed by atoms with E-state index in [9.17, 15) is 4.79 Å². The number of carbonyl (C=O) groups is 1. The maximum Gasteiger partial charge on any atom is 0.222 e. The van der Waals surface area contributed by atoms with E-state index in [1.54, 1.807) is 18.9 Å². The number of amides is 1. The third-order valence-electron chi connectivity index (χ3n) is 2.27. The highest BCUT2D eigenvalue weighted by Crippen LogP contribution is 2.19. The van der Waals surface area contributed by atoms with Crippen molar-refractivity contribution >= 4 is 30.1 Å². The van der Waals surface area contributed by atoms with Gasteiger partial charge in [0.1, 0.15) is 0 Å². The molecule has 98 valence electrons. The van der Waals surface area contributed by atoms with Crippen molar-refractivity contribution in [1.29, 1.82) is 0 Å². The van der Waals surface area contributed by atoms with E-state index in [0.717, 1.165) is 0 Å². The Morgan fingerprint density at radius 1 is 1.56 bits per heavy atom. The smallest absolute Gasteiger partial charge is 0.222 e. The molecule has 6 heteroatoms. The monoisotopic (exact) mass is 270 g/mol. The van der Waals surface area contributed by atoms with Gasteiger partial charge in [-0.25, -0.2) is 0 Å². The van der Waals surface area contributed by atoms with Gasteiger partial charge in [-0.1, -0.05) is 0 Å². The van der Waals surface area contributed by atoms with Crippen LogP contribution in [0.3, 0.4) is 0 Å². The summed E-state index contributed by atoms with van der Waals surface area (Å²) < 4.78 is 5.11. The second kappa shape index (κ2) is 9.10. The van der Waals surface area contributed by atoms with Crippen molar-refractivity contribution in [1.82, 2.24) is 5.32 Å². The van der Waals surface area contributed by atoms with Crippen molar-refractivity contribution in [2.24, 2.45) is 5.73 Å². The summed E-state index contributed by atoms with van der Waals surface area (Å²) in [7, 11) is 1.57. The first kappa shape index (κ1) is 18.4. The van der Waals surface area contributed by atoms with Crippen LogP contribution >= 0.6 is 24.2 Å². The first-order valence-corrected chi connectivity index (χ1v) is 6.22. The Hall–Kier alpha value is 0.0300. The summed E-state index contributed by atoms with van der Waals surface area (Å²) in [4.78, 5) is 11.5. The van der Waals surface area contributed by atoms with Crippen molar-refractivity contribution in [2.75, 3.05) is 26.5 Å². The Morgan fingerprint density at radius 3 is 2.50 bits per heavy atom. The largest absolute Gasteiger partial charge is 0.380 e. The number of nitrogens with one attached hydrogen (secondary N) is 1. The molecule has 16 heavy (non-hydrogen) atoms. The zero-order valence-corrected chi connectivity index (χ0v) is 12.0. The number of hydrogen-bond donors (Lipinski definition) is 2. The van der Waals surface area contributed by atoms with E-state index in [0.29, 0.717) is 19.5 Å². The van der Waals surface area contributed by atoms with E-state index in [1.807, 2.05) is 6.26 Å². The molecule has 0 aliphatic rings. The molecule has 0 rings (SSSR count). The summed E-state index contributed by atoms with van der Waals surface area (Å²) in [5, 5.41) is 2.88. The predicted molar refractivity (Wildman–Crippen MR) is 72.3 cm³/mol. The molecule has 1 atom stereocenters. The summed E-state index contributed by atoms with van der Waals surface area (Å²) in [6.07, 6.45) is 2.18. The lowest BCUT2D eigenvalue weighted by molar-refractivity contribution is -0.123. The number of methoxy groups -OCH3 is 1. The van der Waals surface area contributed by atoms with Gasteiger partial charge >= 0.3 is 0 Å². The zero-order valence-electron chi connectivity index (χ0n) is 10.4. The van der Waals surface area contributed by atoms with Crippen LogP contribution in [0, 0.1) is 0 Å². The zero-order chi connectivity index (χ0) is 11.9. The Labute approximate surface area is 108 Å². The topological polar surface area (TPSA) is 64.3 Å². The number of halogens is 1. The Bertz CT molecular complexity index is 199. The average molecular weight is 271 g/mol. The average Bonchev–Trinajstić information content (AvgIpc) is 2.23. The molecule has 0 aromatic carbocycles. The summed E-state index contributed by atoms with van der Waals surface area (Å²) in [6, 6.07) is 0. The number of thioether (sulfide) groups is 1. The SMILES string of the molecule is COC(CN)CC(=O)NCC(C)(C)SC.Cl. The van der Waals surface area contributed by atoms with Crippen LogP contribution in [-0.4, -0.2) is 43.2 Å². The van der Waals surface area contributed by atoms with E-state index in [1.165, 1.54) is 0 Å². The van der Waals surface area contributed by atoms with Gasteiger partial charge in [-0.3, -0.25) is 4.79 Å². The van der Waals surface area contributed by atoms with Gasteiger partial charge in [0, 0.05) is 24.9 Å². The molecule has 4 nitrogen and oxygen atoms in total. The molecule has 0 bridgehead atoms. The molecule has 1 unspecified atom stereocenters. The molecule has 0 saturated carbocycles. The standard InChI is InChI=1S/C10H22N2O2S.ClH/c1-10(2,15-4)7-12-9(13)5-8(6-11)14-3;/h8H,5-7,11H2,1-4H3,(H,12,13);1H. The fraction of sp³-hybridized carbons (Fsp3) is 0.900. The van der Waals surface area contributed by atoms with Gasteiger partial charge in [0.2, 0.25) is 5.91 Å². The molecule has 0 aliphatic carbocycles. The van der Waals surface area contributed by atoms with E-state index < -0.39 is 0 Å². The molecule has 3 N–H and O–H groups in total. The third kappa shape index (κ3) is 8.21.